The fourth-order valence-electron chi connectivity index (χ4n) is 1.79. The van der Waals surface area contributed by atoms with Gasteiger partial charge in [-0.05, 0) is 37.0 Å². The van der Waals surface area contributed by atoms with E-state index >= 15 is 0 Å². The van der Waals surface area contributed by atoms with Gasteiger partial charge in [-0.15, -0.1) is 0 Å². The van der Waals surface area contributed by atoms with Crippen LogP contribution >= 0.6 is 0 Å². The molecule has 0 radical (unpaired) electrons. The minimum Gasteiger partial charge on any atom is -0.344 e. The summed E-state index contributed by atoms with van der Waals surface area (Å²) in [5.74, 6) is 1.14. The summed E-state index contributed by atoms with van der Waals surface area (Å²) in [5, 5.41) is 3.38. The summed E-state index contributed by atoms with van der Waals surface area (Å²) in [6.07, 6.45) is 4.69. The van der Waals surface area contributed by atoms with Crippen molar-refractivity contribution in [2.24, 2.45) is 4.99 Å². The molecular formula is C13H18N2. The average molecular weight is 202 g/mol. The lowest BCUT2D eigenvalue weighted by Crippen LogP contribution is -2.15. The summed E-state index contributed by atoms with van der Waals surface area (Å²) >= 11 is 0. The molecule has 2 rings (SSSR count). The van der Waals surface area contributed by atoms with Crippen LogP contribution in [0.4, 0.5) is 5.69 Å². The van der Waals surface area contributed by atoms with Gasteiger partial charge in [0, 0.05) is 18.7 Å². The van der Waals surface area contributed by atoms with Crippen LogP contribution in [-0.4, -0.2) is 12.4 Å². The summed E-state index contributed by atoms with van der Waals surface area (Å²) in [7, 11) is 0. The molecule has 1 aliphatic rings. The first kappa shape index (κ1) is 10.2. The third-order valence-corrected chi connectivity index (χ3v) is 2.78. The molecule has 2 nitrogen and oxygen atoms in total. The van der Waals surface area contributed by atoms with Crippen LogP contribution in [0, 0.1) is 0 Å². The molecule has 0 aromatic heterocycles. The van der Waals surface area contributed by atoms with Crippen LogP contribution in [0.25, 0.3) is 0 Å². The SMILES string of the molecule is CCc1ccc(NC2=NCCCC2)cc1. The molecule has 2 heteroatoms. The predicted octanol–water partition coefficient (Wildman–Crippen LogP) is 3.24. The van der Waals surface area contributed by atoms with Crippen molar-refractivity contribution in [2.45, 2.75) is 32.6 Å². The second-order valence-corrected chi connectivity index (χ2v) is 3.96. The number of rotatable bonds is 2. The maximum absolute atomic E-state index is 4.47. The number of aliphatic imine (C=N–C) groups is 1. The van der Waals surface area contributed by atoms with Crippen LogP contribution < -0.4 is 5.32 Å². The van der Waals surface area contributed by atoms with E-state index in [1.165, 1.54) is 18.4 Å². The van der Waals surface area contributed by atoms with E-state index in [0.717, 1.165) is 30.9 Å². The minimum absolute atomic E-state index is 0.982. The lowest BCUT2D eigenvalue weighted by molar-refractivity contribution is 0.737. The highest BCUT2D eigenvalue weighted by atomic mass is 15.0. The minimum atomic E-state index is 0.982. The third kappa shape index (κ3) is 2.82. The van der Waals surface area contributed by atoms with Crippen LogP contribution in [0.3, 0.4) is 0 Å². The van der Waals surface area contributed by atoms with Gasteiger partial charge in [0.2, 0.25) is 0 Å². The van der Waals surface area contributed by atoms with Crippen molar-refractivity contribution in [1.82, 2.24) is 0 Å². The summed E-state index contributed by atoms with van der Waals surface area (Å²) in [4.78, 5) is 4.47. The van der Waals surface area contributed by atoms with Gasteiger partial charge < -0.3 is 5.32 Å². The first-order chi connectivity index (χ1) is 7.38. The molecule has 0 bridgehead atoms. The quantitative estimate of drug-likeness (QED) is 0.782. The summed E-state index contributed by atoms with van der Waals surface area (Å²) in [6, 6.07) is 8.61. The second kappa shape index (κ2) is 4.96. The summed E-state index contributed by atoms with van der Waals surface area (Å²) < 4.78 is 0. The average Bonchev–Trinajstić information content (AvgIpc) is 2.31. The van der Waals surface area contributed by atoms with Crippen molar-refractivity contribution in [2.75, 3.05) is 11.9 Å². The number of nitrogens with one attached hydrogen (secondary N) is 1. The number of anilines is 1. The normalized spacial score (nSPS) is 15.9. The topological polar surface area (TPSA) is 24.4 Å². The van der Waals surface area contributed by atoms with Gasteiger partial charge in [0.25, 0.3) is 0 Å². The molecule has 15 heavy (non-hydrogen) atoms. The van der Waals surface area contributed by atoms with E-state index in [1.807, 2.05) is 0 Å². The Balaban J connectivity index is 2.00. The van der Waals surface area contributed by atoms with Crippen LogP contribution in [0.5, 0.6) is 0 Å². The molecule has 0 spiro atoms. The standard InChI is InChI=1S/C13H18N2/c1-2-11-6-8-12(9-7-11)15-13-5-3-4-10-14-13/h6-9H,2-5,10H2,1H3,(H,14,15). The molecule has 1 aromatic rings. The van der Waals surface area contributed by atoms with Gasteiger partial charge in [-0.25, -0.2) is 0 Å². The van der Waals surface area contributed by atoms with Gasteiger partial charge in [-0.2, -0.15) is 0 Å². The van der Waals surface area contributed by atoms with E-state index in [9.17, 15) is 0 Å². The molecule has 80 valence electrons. The monoisotopic (exact) mass is 202 g/mol. The Morgan fingerprint density at radius 1 is 1.20 bits per heavy atom. The third-order valence-electron chi connectivity index (χ3n) is 2.78. The molecule has 0 amide bonds. The Hall–Kier alpha value is -1.31. The first-order valence-electron chi connectivity index (χ1n) is 5.78. The number of aryl methyl sites for hydroxylation is 1. The zero-order valence-corrected chi connectivity index (χ0v) is 9.29. The number of benzene rings is 1. The molecule has 0 fully saturated rings. The number of hydrogen-bond acceptors (Lipinski definition) is 2. The van der Waals surface area contributed by atoms with Gasteiger partial charge in [0.15, 0.2) is 0 Å². The largest absolute Gasteiger partial charge is 0.344 e. The fourth-order valence-corrected chi connectivity index (χ4v) is 1.79. The predicted molar refractivity (Wildman–Crippen MR) is 65.6 cm³/mol. The van der Waals surface area contributed by atoms with E-state index in [1.54, 1.807) is 0 Å². The maximum atomic E-state index is 4.47. The van der Waals surface area contributed by atoms with E-state index in [2.05, 4.69) is 41.5 Å². The number of amidine groups is 1. The van der Waals surface area contributed by atoms with Crippen LogP contribution in [0.15, 0.2) is 29.3 Å². The van der Waals surface area contributed by atoms with Crippen molar-refractivity contribution in [1.29, 1.82) is 0 Å². The smallest absolute Gasteiger partial charge is 0.101 e. The highest BCUT2D eigenvalue weighted by Crippen LogP contribution is 2.13. The Kier molecular flexibility index (Phi) is 3.38. The fraction of sp³-hybridized carbons (Fsp3) is 0.462. The van der Waals surface area contributed by atoms with E-state index < -0.39 is 0 Å². The van der Waals surface area contributed by atoms with Gasteiger partial charge in [0.05, 0.1) is 0 Å². The van der Waals surface area contributed by atoms with Crippen molar-refractivity contribution in [3.05, 3.63) is 29.8 Å². The first-order valence-corrected chi connectivity index (χ1v) is 5.78. The molecule has 0 saturated heterocycles. The zero-order valence-electron chi connectivity index (χ0n) is 9.29. The molecule has 0 unspecified atom stereocenters. The van der Waals surface area contributed by atoms with Gasteiger partial charge in [0.1, 0.15) is 5.84 Å². The molecule has 1 aromatic carbocycles. The van der Waals surface area contributed by atoms with E-state index in [4.69, 9.17) is 0 Å². The molecule has 1 heterocycles. The molecule has 0 atom stereocenters. The Bertz CT molecular complexity index is 338. The molecule has 1 aliphatic heterocycles. The van der Waals surface area contributed by atoms with Gasteiger partial charge in [-0.1, -0.05) is 19.1 Å². The van der Waals surface area contributed by atoms with Crippen molar-refractivity contribution < 1.29 is 0 Å². The lowest BCUT2D eigenvalue weighted by atomic mass is 10.1. The van der Waals surface area contributed by atoms with Crippen molar-refractivity contribution in [3.8, 4) is 0 Å². The van der Waals surface area contributed by atoms with Crippen LogP contribution in [0.1, 0.15) is 31.7 Å². The highest BCUT2D eigenvalue weighted by molar-refractivity contribution is 5.95. The molecule has 0 saturated carbocycles. The van der Waals surface area contributed by atoms with E-state index in [-0.39, 0.29) is 0 Å². The highest BCUT2D eigenvalue weighted by Gasteiger charge is 2.04. The summed E-state index contributed by atoms with van der Waals surface area (Å²) in [6.45, 7) is 3.16. The zero-order chi connectivity index (χ0) is 10.5. The van der Waals surface area contributed by atoms with Crippen molar-refractivity contribution in [3.63, 3.8) is 0 Å². The lowest BCUT2D eigenvalue weighted by Gasteiger charge is -2.14. The summed E-state index contributed by atoms with van der Waals surface area (Å²) in [5.41, 5.74) is 2.54. The van der Waals surface area contributed by atoms with Gasteiger partial charge in [-0.3, -0.25) is 4.99 Å². The van der Waals surface area contributed by atoms with Crippen LogP contribution in [0.2, 0.25) is 0 Å². The van der Waals surface area contributed by atoms with Gasteiger partial charge >= 0.3 is 0 Å². The van der Waals surface area contributed by atoms with Crippen LogP contribution in [-0.2, 0) is 6.42 Å². The maximum Gasteiger partial charge on any atom is 0.101 e. The molecule has 1 N–H and O–H groups in total. The second-order valence-electron chi connectivity index (χ2n) is 3.96. The molecular weight excluding hydrogens is 184 g/mol. The number of nitrogens with zero attached hydrogens (tertiary/aromatic N) is 1. The van der Waals surface area contributed by atoms with Crippen molar-refractivity contribution >= 4 is 11.5 Å². The Morgan fingerprint density at radius 3 is 2.60 bits per heavy atom. The Labute approximate surface area is 91.4 Å². The number of hydrogen-bond donors (Lipinski definition) is 1. The van der Waals surface area contributed by atoms with E-state index in [0.29, 0.717) is 0 Å². The molecule has 0 aliphatic carbocycles. The Morgan fingerprint density at radius 2 is 2.00 bits per heavy atom.